The Labute approximate surface area is 176 Å². The number of nitrogens with one attached hydrogen (secondary N) is 1. The molecule has 0 fully saturated rings. The minimum atomic E-state index is -0.465. The van der Waals surface area contributed by atoms with Gasteiger partial charge in [0.05, 0.1) is 16.0 Å². The lowest BCUT2D eigenvalue weighted by Gasteiger charge is -1.97. The Morgan fingerprint density at radius 3 is 2.69 bits per heavy atom. The van der Waals surface area contributed by atoms with E-state index in [-0.39, 0.29) is 5.69 Å². The third-order valence-corrected chi connectivity index (χ3v) is 5.69. The number of hydrogen-bond donors (Lipinski definition) is 1. The minimum absolute atomic E-state index is 0.0142. The first-order chi connectivity index (χ1) is 14.0. The van der Waals surface area contributed by atoms with Crippen molar-refractivity contribution in [2.24, 2.45) is 5.10 Å². The number of nitro benzene ring substituents is 1. The van der Waals surface area contributed by atoms with Crippen LogP contribution in [-0.2, 0) is 0 Å². The molecule has 0 bridgehead atoms. The predicted octanol–water partition coefficient (Wildman–Crippen LogP) is 5.60. The van der Waals surface area contributed by atoms with Crippen molar-refractivity contribution in [1.82, 2.24) is 5.43 Å². The molecule has 0 aliphatic heterocycles. The molecule has 0 unspecified atom stereocenters. The number of rotatable bonds is 5. The Balaban J connectivity index is 1.44. The Bertz CT molecular complexity index is 1240. The van der Waals surface area contributed by atoms with Crippen LogP contribution in [0.25, 0.3) is 21.4 Å². The average Bonchev–Trinajstić information content (AvgIpc) is 3.35. The van der Waals surface area contributed by atoms with Crippen molar-refractivity contribution in [3.05, 3.63) is 85.9 Å². The van der Waals surface area contributed by atoms with Gasteiger partial charge in [-0.3, -0.25) is 14.9 Å². The Morgan fingerprint density at radius 1 is 1.14 bits per heavy atom. The van der Waals surface area contributed by atoms with Crippen LogP contribution in [0.15, 0.2) is 74.7 Å². The number of nitrogens with zero attached hydrogens (tertiary/aromatic N) is 2. The van der Waals surface area contributed by atoms with Gasteiger partial charge in [-0.25, -0.2) is 5.43 Å². The van der Waals surface area contributed by atoms with E-state index in [1.165, 1.54) is 29.7 Å². The topological polar surface area (TPSA) is 97.7 Å². The quantitative estimate of drug-likeness (QED) is 0.233. The third kappa shape index (κ3) is 4.25. The van der Waals surface area contributed by atoms with Crippen molar-refractivity contribution in [1.29, 1.82) is 0 Å². The van der Waals surface area contributed by atoms with Crippen LogP contribution in [0.4, 0.5) is 5.69 Å². The number of fused-ring (bicyclic) bond motifs is 1. The van der Waals surface area contributed by atoms with Crippen molar-refractivity contribution in [2.45, 2.75) is 0 Å². The van der Waals surface area contributed by atoms with E-state index in [2.05, 4.69) is 26.5 Å². The summed E-state index contributed by atoms with van der Waals surface area (Å²) in [7, 11) is 0. The lowest BCUT2D eigenvalue weighted by molar-refractivity contribution is -0.384. The number of thiophene rings is 1. The summed E-state index contributed by atoms with van der Waals surface area (Å²) in [5.41, 5.74) is 3.36. The smallest absolute Gasteiger partial charge is 0.281 e. The molecular formula is C20H12BrN3O4S. The summed E-state index contributed by atoms with van der Waals surface area (Å²) in [6.07, 6.45) is 1.42. The van der Waals surface area contributed by atoms with E-state index in [0.29, 0.717) is 21.8 Å². The normalized spacial score (nSPS) is 11.2. The molecular weight excluding hydrogens is 458 g/mol. The van der Waals surface area contributed by atoms with Gasteiger partial charge in [0.1, 0.15) is 11.5 Å². The van der Waals surface area contributed by atoms with Gasteiger partial charge in [0.15, 0.2) is 0 Å². The van der Waals surface area contributed by atoms with Crippen molar-refractivity contribution in [3.63, 3.8) is 0 Å². The summed E-state index contributed by atoms with van der Waals surface area (Å²) in [5, 5.41) is 15.4. The molecule has 4 rings (SSSR count). The molecule has 1 N–H and O–H groups in total. The van der Waals surface area contributed by atoms with E-state index >= 15 is 0 Å². The van der Waals surface area contributed by atoms with E-state index < -0.39 is 10.8 Å². The molecule has 0 aliphatic rings. The summed E-state index contributed by atoms with van der Waals surface area (Å²) in [6, 6.07) is 17.4. The van der Waals surface area contributed by atoms with Gasteiger partial charge in [0.25, 0.3) is 11.6 Å². The van der Waals surface area contributed by atoms with E-state index in [0.717, 1.165) is 14.7 Å². The number of non-ortho nitro benzene ring substituents is 1. The highest BCUT2D eigenvalue weighted by atomic mass is 79.9. The number of carbonyl (C=O) groups is 1. The van der Waals surface area contributed by atoms with Gasteiger partial charge < -0.3 is 4.42 Å². The van der Waals surface area contributed by atoms with Crippen molar-refractivity contribution in [2.75, 3.05) is 0 Å². The van der Waals surface area contributed by atoms with Crippen molar-refractivity contribution in [3.8, 4) is 11.3 Å². The fraction of sp³-hybridized carbons (Fsp3) is 0. The minimum Gasteiger partial charge on any atom is -0.455 e. The van der Waals surface area contributed by atoms with Crippen molar-refractivity contribution >= 4 is 55.2 Å². The fourth-order valence-corrected chi connectivity index (χ4v) is 3.85. The first-order valence-electron chi connectivity index (χ1n) is 8.37. The van der Waals surface area contributed by atoms with Gasteiger partial charge >= 0.3 is 0 Å². The maximum absolute atomic E-state index is 12.3. The number of furan rings is 1. The van der Waals surface area contributed by atoms with Crippen LogP contribution in [0.2, 0.25) is 0 Å². The molecule has 29 heavy (non-hydrogen) atoms. The number of hydrazone groups is 1. The van der Waals surface area contributed by atoms with Gasteiger partial charge in [0, 0.05) is 32.3 Å². The van der Waals surface area contributed by atoms with Crippen LogP contribution in [0.5, 0.6) is 0 Å². The van der Waals surface area contributed by atoms with Gasteiger partial charge in [-0.15, -0.1) is 11.3 Å². The molecule has 0 radical (unpaired) electrons. The number of hydrogen-bond acceptors (Lipinski definition) is 6. The molecule has 0 saturated heterocycles. The molecule has 0 aliphatic carbocycles. The molecule has 0 saturated carbocycles. The lowest BCUT2D eigenvalue weighted by Crippen LogP contribution is -2.15. The molecule has 2 aromatic carbocycles. The number of carbonyl (C=O) groups excluding carboxylic acids is 1. The summed E-state index contributed by atoms with van der Waals surface area (Å²) in [5.74, 6) is 0.788. The number of halogens is 1. The molecule has 0 spiro atoms. The Kier molecular flexibility index (Phi) is 5.24. The second-order valence-electron chi connectivity index (χ2n) is 6.00. The zero-order valence-electron chi connectivity index (χ0n) is 14.7. The monoisotopic (exact) mass is 469 g/mol. The van der Waals surface area contributed by atoms with Gasteiger partial charge in [-0.05, 0) is 36.4 Å². The van der Waals surface area contributed by atoms with Crippen LogP contribution >= 0.6 is 27.3 Å². The van der Waals surface area contributed by atoms with Crippen LogP contribution in [0.1, 0.15) is 15.4 Å². The average molecular weight is 470 g/mol. The summed E-state index contributed by atoms with van der Waals surface area (Å²) in [6.45, 7) is 0. The second-order valence-corrected chi connectivity index (χ2v) is 8.00. The van der Waals surface area contributed by atoms with Crippen molar-refractivity contribution < 1.29 is 14.1 Å². The maximum atomic E-state index is 12.3. The molecule has 0 atom stereocenters. The van der Waals surface area contributed by atoms with Gasteiger partial charge in [-0.2, -0.15) is 5.10 Å². The third-order valence-electron chi connectivity index (χ3n) is 4.05. The highest BCUT2D eigenvalue weighted by molar-refractivity contribution is 9.10. The van der Waals surface area contributed by atoms with Gasteiger partial charge in [0.2, 0.25) is 0 Å². The van der Waals surface area contributed by atoms with Crippen LogP contribution in [-0.4, -0.2) is 17.0 Å². The molecule has 1 amide bonds. The molecule has 2 aromatic heterocycles. The van der Waals surface area contributed by atoms with Gasteiger partial charge in [-0.1, -0.05) is 28.1 Å². The lowest BCUT2D eigenvalue weighted by atomic mass is 10.2. The largest absolute Gasteiger partial charge is 0.455 e. The van der Waals surface area contributed by atoms with Crippen LogP contribution < -0.4 is 5.43 Å². The van der Waals surface area contributed by atoms with E-state index in [1.807, 2.05) is 30.3 Å². The number of nitro groups is 1. The second kappa shape index (κ2) is 7.98. The van der Waals surface area contributed by atoms with E-state index in [4.69, 9.17) is 4.42 Å². The predicted molar refractivity (Wildman–Crippen MR) is 115 cm³/mol. The zero-order chi connectivity index (χ0) is 20.4. The molecule has 9 heteroatoms. The Hall–Kier alpha value is -3.30. The summed E-state index contributed by atoms with van der Waals surface area (Å²) in [4.78, 5) is 23.1. The molecule has 4 aromatic rings. The number of benzene rings is 2. The van der Waals surface area contributed by atoms with E-state index in [9.17, 15) is 14.9 Å². The highest BCUT2D eigenvalue weighted by Gasteiger charge is 2.13. The molecule has 2 heterocycles. The first-order valence-corrected chi connectivity index (χ1v) is 9.98. The summed E-state index contributed by atoms with van der Waals surface area (Å²) < 4.78 is 7.47. The highest BCUT2D eigenvalue weighted by Crippen LogP contribution is 2.29. The number of amides is 1. The standard InChI is InChI=1S/C20H12BrN3O4S/c21-14-3-1-12(2-4-14)17-7-6-16(28-17)11-22-23-20(25)19-10-13-9-15(24(26)27)5-8-18(13)29-19/h1-11H,(H,23,25). The fourth-order valence-electron chi connectivity index (χ4n) is 2.66. The van der Waals surface area contributed by atoms with E-state index in [1.54, 1.807) is 18.2 Å². The molecule has 7 nitrogen and oxygen atoms in total. The SMILES string of the molecule is O=C(NN=Cc1ccc(-c2ccc(Br)cc2)o1)c1cc2cc([N+](=O)[O-])ccc2s1. The zero-order valence-corrected chi connectivity index (χ0v) is 17.1. The van der Waals surface area contributed by atoms with Crippen LogP contribution in [0, 0.1) is 10.1 Å². The molecule has 144 valence electrons. The first kappa shape index (κ1) is 19.0. The van der Waals surface area contributed by atoms with Crippen LogP contribution in [0.3, 0.4) is 0 Å². The maximum Gasteiger partial charge on any atom is 0.281 e. The summed E-state index contributed by atoms with van der Waals surface area (Å²) >= 11 is 4.63. The Morgan fingerprint density at radius 2 is 1.93 bits per heavy atom.